The summed E-state index contributed by atoms with van der Waals surface area (Å²) in [5.41, 5.74) is 2.80. The number of nitrogens with one attached hydrogen (secondary N) is 1. The summed E-state index contributed by atoms with van der Waals surface area (Å²) in [4.78, 5) is 12.9. The van der Waals surface area contributed by atoms with Crippen LogP contribution in [-0.4, -0.2) is 35.9 Å². The van der Waals surface area contributed by atoms with Crippen LogP contribution in [0, 0.1) is 0 Å². The van der Waals surface area contributed by atoms with E-state index in [2.05, 4.69) is 25.9 Å². The van der Waals surface area contributed by atoms with Crippen LogP contribution in [-0.2, 0) is 17.8 Å². The third-order valence-corrected chi connectivity index (χ3v) is 4.70. The number of hydrogen-bond acceptors (Lipinski definition) is 5. The van der Waals surface area contributed by atoms with Crippen molar-refractivity contribution in [3.8, 4) is 5.69 Å². The van der Waals surface area contributed by atoms with Gasteiger partial charge >= 0.3 is 0 Å². The van der Waals surface area contributed by atoms with Crippen LogP contribution < -0.4 is 5.32 Å². The maximum absolute atomic E-state index is 12.9. The third-order valence-electron chi connectivity index (χ3n) is 4.45. The molecule has 146 valence electrons. The van der Waals surface area contributed by atoms with Gasteiger partial charge in [0.25, 0.3) is 0 Å². The van der Waals surface area contributed by atoms with Gasteiger partial charge in [-0.25, -0.2) is 9.36 Å². The zero-order valence-corrected chi connectivity index (χ0v) is 16.1. The van der Waals surface area contributed by atoms with Gasteiger partial charge in [0.15, 0.2) is 0 Å². The number of aromatic nitrogens is 6. The Labute approximate surface area is 172 Å². The van der Waals surface area contributed by atoms with E-state index in [1.165, 1.54) is 11.0 Å². The van der Waals surface area contributed by atoms with Crippen LogP contribution in [0.25, 0.3) is 5.69 Å². The van der Waals surface area contributed by atoms with Crippen LogP contribution in [0.4, 0.5) is 0 Å². The van der Waals surface area contributed by atoms with Crippen LogP contribution >= 0.6 is 11.6 Å². The molecule has 1 atom stereocenters. The average Bonchev–Trinajstić information content (AvgIpc) is 3.44. The zero-order chi connectivity index (χ0) is 20.1. The van der Waals surface area contributed by atoms with Crippen LogP contribution in [0.3, 0.4) is 0 Å². The molecule has 8 nitrogen and oxygen atoms in total. The Morgan fingerprint density at radius 3 is 2.59 bits per heavy atom. The summed E-state index contributed by atoms with van der Waals surface area (Å²) in [5.74, 6) is -0.166. The molecule has 0 aliphatic carbocycles. The highest BCUT2D eigenvalue weighted by atomic mass is 35.5. The highest BCUT2D eigenvalue weighted by Gasteiger charge is 2.22. The highest BCUT2D eigenvalue weighted by Crippen LogP contribution is 2.15. The van der Waals surface area contributed by atoms with Gasteiger partial charge in [0.2, 0.25) is 5.91 Å². The molecule has 0 saturated heterocycles. The molecule has 4 aromatic rings. The van der Waals surface area contributed by atoms with Crippen molar-refractivity contribution in [2.45, 2.75) is 19.0 Å². The van der Waals surface area contributed by atoms with E-state index >= 15 is 0 Å². The highest BCUT2D eigenvalue weighted by molar-refractivity contribution is 6.30. The van der Waals surface area contributed by atoms with E-state index < -0.39 is 6.04 Å². The lowest BCUT2D eigenvalue weighted by Crippen LogP contribution is -2.33. The summed E-state index contributed by atoms with van der Waals surface area (Å²) in [6.07, 6.45) is 5.53. The molecule has 2 aromatic carbocycles. The molecule has 1 N–H and O–H groups in total. The van der Waals surface area contributed by atoms with Crippen LogP contribution in [0.15, 0.2) is 73.3 Å². The second kappa shape index (κ2) is 8.66. The summed E-state index contributed by atoms with van der Waals surface area (Å²) in [7, 11) is 0. The summed E-state index contributed by atoms with van der Waals surface area (Å²) in [5, 5.41) is 19.2. The van der Waals surface area contributed by atoms with E-state index in [0.29, 0.717) is 18.0 Å². The van der Waals surface area contributed by atoms with Crippen molar-refractivity contribution in [2.75, 3.05) is 0 Å². The molecule has 2 heterocycles. The topological polar surface area (TPSA) is 90.5 Å². The van der Waals surface area contributed by atoms with Crippen molar-refractivity contribution >= 4 is 17.5 Å². The molecule has 0 saturated carbocycles. The Morgan fingerprint density at radius 2 is 1.86 bits per heavy atom. The van der Waals surface area contributed by atoms with Crippen molar-refractivity contribution in [2.24, 2.45) is 0 Å². The van der Waals surface area contributed by atoms with E-state index in [0.717, 1.165) is 16.8 Å². The quantitative estimate of drug-likeness (QED) is 0.508. The standard InChI is InChI=1S/C20H18ClN7O/c21-17-6-8-18(9-7-17)27-13-16(12-24-27)11-22-20(29)19(28-14-23-25-26-28)10-15-4-2-1-3-5-15/h1-9,12-14,19H,10-11H2,(H,22,29). The predicted molar refractivity (Wildman–Crippen MR) is 107 cm³/mol. The summed E-state index contributed by atoms with van der Waals surface area (Å²) >= 11 is 5.93. The molecule has 0 aliphatic rings. The van der Waals surface area contributed by atoms with Crippen molar-refractivity contribution in [3.63, 3.8) is 0 Å². The lowest BCUT2D eigenvalue weighted by atomic mass is 10.1. The number of tetrazole rings is 1. The molecule has 0 spiro atoms. The Kier molecular flexibility index (Phi) is 5.62. The maximum Gasteiger partial charge on any atom is 0.245 e. The summed E-state index contributed by atoms with van der Waals surface area (Å²) < 4.78 is 3.21. The number of benzene rings is 2. The second-order valence-electron chi connectivity index (χ2n) is 6.48. The monoisotopic (exact) mass is 407 g/mol. The molecule has 4 rings (SSSR count). The molecule has 0 bridgehead atoms. The molecular formula is C20H18ClN7O. The SMILES string of the molecule is O=C(NCc1cnn(-c2ccc(Cl)cc2)c1)C(Cc1ccccc1)n1cnnn1. The van der Waals surface area contributed by atoms with Crippen molar-refractivity contribution in [1.82, 2.24) is 35.3 Å². The Balaban J connectivity index is 1.43. The fourth-order valence-electron chi connectivity index (χ4n) is 2.95. The minimum atomic E-state index is -0.543. The van der Waals surface area contributed by atoms with Gasteiger partial charge in [0, 0.05) is 29.7 Å². The number of rotatable bonds is 7. The number of carbonyl (C=O) groups is 1. The van der Waals surface area contributed by atoms with Crippen LogP contribution in [0.1, 0.15) is 17.2 Å². The van der Waals surface area contributed by atoms with Gasteiger partial charge in [-0.3, -0.25) is 4.79 Å². The summed E-state index contributed by atoms with van der Waals surface area (Å²) in [6.45, 7) is 0.347. The Bertz CT molecular complexity index is 1060. The fourth-order valence-corrected chi connectivity index (χ4v) is 3.07. The van der Waals surface area contributed by atoms with Crippen LogP contribution in [0.5, 0.6) is 0 Å². The van der Waals surface area contributed by atoms with Gasteiger partial charge < -0.3 is 5.32 Å². The van der Waals surface area contributed by atoms with E-state index in [1.54, 1.807) is 23.0 Å². The number of nitrogens with zero attached hydrogens (tertiary/aromatic N) is 6. The molecule has 0 radical (unpaired) electrons. The number of halogens is 1. The smallest absolute Gasteiger partial charge is 0.245 e. The molecule has 0 fully saturated rings. The number of amides is 1. The van der Waals surface area contributed by atoms with Gasteiger partial charge in [-0.05, 0) is 40.3 Å². The lowest BCUT2D eigenvalue weighted by molar-refractivity contribution is -0.124. The Morgan fingerprint density at radius 1 is 1.07 bits per heavy atom. The van der Waals surface area contributed by atoms with E-state index in [4.69, 9.17) is 11.6 Å². The Hall–Kier alpha value is -3.52. The number of carbonyl (C=O) groups excluding carboxylic acids is 1. The first-order valence-electron chi connectivity index (χ1n) is 9.02. The van der Waals surface area contributed by atoms with Gasteiger partial charge in [-0.2, -0.15) is 5.10 Å². The average molecular weight is 408 g/mol. The zero-order valence-electron chi connectivity index (χ0n) is 15.4. The first-order chi connectivity index (χ1) is 14.2. The molecule has 29 heavy (non-hydrogen) atoms. The fraction of sp³-hybridized carbons (Fsp3) is 0.150. The molecule has 0 aliphatic heterocycles. The maximum atomic E-state index is 12.9. The lowest BCUT2D eigenvalue weighted by Gasteiger charge is -2.16. The molecule has 2 aromatic heterocycles. The number of hydrogen-bond donors (Lipinski definition) is 1. The predicted octanol–water partition coefficient (Wildman–Crippen LogP) is 2.61. The second-order valence-corrected chi connectivity index (χ2v) is 6.92. The largest absolute Gasteiger partial charge is 0.350 e. The molecular weight excluding hydrogens is 390 g/mol. The third kappa shape index (κ3) is 4.67. The molecule has 1 amide bonds. The van der Waals surface area contributed by atoms with E-state index in [1.807, 2.05) is 48.7 Å². The van der Waals surface area contributed by atoms with E-state index in [-0.39, 0.29) is 5.91 Å². The molecule has 1 unspecified atom stereocenters. The van der Waals surface area contributed by atoms with Gasteiger partial charge in [0.05, 0.1) is 11.9 Å². The first kappa shape index (κ1) is 18.8. The minimum absolute atomic E-state index is 0.166. The molecule has 9 heteroatoms. The van der Waals surface area contributed by atoms with Gasteiger partial charge in [-0.1, -0.05) is 41.9 Å². The summed E-state index contributed by atoms with van der Waals surface area (Å²) in [6, 6.07) is 16.6. The first-order valence-corrected chi connectivity index (χ1v) is 9.40. The van der Waals surface area contributed by atoms with Gasteiger partial charge in [0.1, 0.15) is 12.4 Å². The van der Waals surface area contributed by atoms with Crippen LogP contribution in [0.2, 0.25) is 5.02 Å². The normalized spacial score (nSPS) is 11.9. The van der Waals surface area contributed by atoms with E-state index in [9.17, 15) is 4.79 Å². The van der Waals surface area contributed by atoms with Crippen molar-refractivity contribution in [3.05, 3.63) is 89.5 Å². The minimum Gasteiger partial charge on any atom is -0.350 e. The van der Waals surface area contributed by atoms with Crippen molar-refractivity contribution < 1.29 is 4.79 Å². The van der Waals surface area contributed by atoms with Gasteiger partial charge in [-0.15, -0.1) is 5.10 Å². The van der Waals surface area contributed by atoms with Crippen molar-refractivity contribution in [1.29, 1.82) is 0 Å².